The van der Waals surface area contributed by atoms with Crippen LogP contribution < -0.4 is 0 Å². The molecule has 1 N–H and O–H groups in total. The zero-order valence-corrected chi connectivity index (χ0v) is 17.6. The zero-order valence-electron chi connectivity index (χ0n) is 14.5. The van der Waals surface area contributed by atoms with E-state index in [4.69, 9.17) is 11.6 Å². The number of rotatable bonds is 7. The Bertz CT molecular complexity index is 977. The maximum atomic E-state index is 11.3. The highest BCUT2D eigenvalue weighted by atomic mass is 79.9. The van der Waals surface area contributed by atoms with Crippen LogP contribution in [0.15, 0.2) is 45.6 Å². The molecule has 1 aromatic heterocycles. The fourth-order valence-electron chi connectivity index (χ4n) is 3.47. The number of halogens is 2. The largest absolute Gasteiger partial charge is 0.481 e. The molecule has 0 saturated carbocycles. The summed E-state index contributed by atoms with van der Waals surface area (Å²) in [5, 5.41) is 21.5. The number of hydrogen-bond donors (Lipinski definition) is 1. The molecule has 2 aromatic rings. The van der Waals surface area contributed by atoms with Crippen molar-refractivity contribution >= 4 is 56.2 Å². The number of carbonyl (C=O) groups is 1. The molecule has 7 heteroatoms. The van der Waals surface area contributed by atoms with Crippen molar-refractivity contribution in [1.82, 2.24) is 4.57 Å². The number of fused-ring (bicyclic) bond motifs is 3. The van der Waals surface area contributed by atoms with Gasteiger partial charge in [-0.2, -0.15) is 5.26 Å². The minimum absolute atomic E-state index is 0.0304. The van der Waals surface area contributed by atoms with Crippen LogP contribution in [0.2, 0.25) is 0 Å². The van der Waals surface area contributed by atoms with E-state index in [1.165, 1.54) is 0 Å². The number of hydrogen-bond acceptors (Lipinski definition) is 3. The van der Waals surface area contributed by atoms with E-state index in [0.717, 1.165) is 38.9 Å². The van der Waals surface area contributed by atoms with Gasteiger partial charge in [0.25, 0.3) is 0 Å². The lowest BCUT2D eigenvalue weighted by molar-refractivity contribution is -0.137. The molecule has 0 spiro atoms. The highest BCUT2D eigenvalue weighted by molar-refractivity contribution is 9.10. The van der Waals surface area contributed by atoms with Gasteiger partial charge in [-0.1, -0.05) is 39.8 Å². The van der Waals surface area contributed by atoms with Gasteiger partial charge in [0.05, 0.1) is 28.9 Å². The van der Waals surface area contributed by atoms with E-state index in [9.17, 15) is 15.2 Å². The Morgan fingerprint density at radius 3 is 3.04 bits per heavy atom. The first-order chi connectivity index (χ1) is 13.0. The Kier molecular flexibility index (Phi) is 6.36. The Morgan fingerprint density at radius 1 is 1.59 bits per heavy atom. The van der Waals surface area contributed by atoms with Gasteiger partial charge in [0.15, 0.2) is 0 Å². The summed E-state index contributed by atoms with van der Waals surface area (Å²) in [6.07, 6.45) is 5.29. The Morgan fingerprint density at radius 2 is 2.37 bits per heavy atom. The van der Waals surface area contributed by atoms with Gasteiger partial charge < -0.3 is 9.67 Å². The van der Waals surface area contributed by atoms with Crippen LogP contribution in [0.25, 0.3) is 10.9 Å². The molecule has 0 aliphatic carbocycles. The first kappa shape index (κ1) is 20.1. The molecule has 0 bridgehead atoms. The first-order valence-electron chi connectivity index (χ1n) is 8.52. The third kappa shape index (κ3) is 4.11. The molecule has 27 heavy (non-hydrogen) atoms. The summed E-state index contributed by atoms with van der Waals surface area (Å²) in [6, 6.07) is 5.88. The summed E-state index contributed by atoms with van der Waals surface area (Å²) in [6.45, 7) is 4.44. The van der Waals surface area contributed by atoms with E-state index < -0.39 is 5.97 Å². The van der Waals surface area contributed by atoms with E-state index in [2.05, 4.69) is 33.1 Å². The van der Waals surface area contributed by atoms with Crippen LogP contribution in [0.3, 0.4) is 0 Å². The van der Waals surface area contributed by atoms with Crippen LogP contribution in [-0.4, -0.2) is 21.0 Å². The summed E-state index contributed by atoms with van der Waals surface area (Å²) >= 11 is 11.2. The van der Waals surface area contributed by atoms with Crippen molar-refractivity contribution in [2.45, 2.75) is 42.0 Å². The highest BCUT2D eigenvalue weighted by Crippen LogP contribution is 2.47. The number of thioether (sulfide) groups is 1. The molecular weight excluding hydrogens is 448 g/mol. The normalized spacial score (nSPS) is 17.1. The van der Waals surface area contributed by atoms with Crippen LogP contribution >= 0.6 is 39.3 Å². The monoisotopic (exact) mass is 464 g/mol. The van der Waals surface area contributed by atoms with Gasteiger partial charge in [-0.25, -0.2) is 0 Å². The molecule has 0 fully saturated rings. The third-order valence-electron chi connectivity index (χ3n) is 4.65. The molecule has 140 valence electrons. The summed E-state index contributed by atoms with van der Waals surface area (Å²) in [5.74, 6) is -0.824. The maximum absolute atomic E-state index is 11.3. The van der Waals surface area contributed by atoms with Gasteiger partial charge in [0.1, 0.15) is 0 Å². The molecule has 4 nitrogen and oxygen atoms in total. The van der Waals surface area contributed by atoms with E-state index >= 15 is 0 Å². The molecule has 1 aliphatic heterocycles. The van der Waals surface area contributed by atoms with E-state index in [1.807, 2.05) is 23.6 Å². The second-order valence-electron chi connectivity index (χ2n) is 6.39. The van der Waals surface area contributed by atoms with Crippen molar-refractivity contribution in [1.29, 1.82) is 5.26 Å². The number of nitrogens with zero attached hydrogens (tertiary/aromatic N) is 2. The first-order valence-corrected chi connectivity index (χ1v) is 10.6. The van der Waals surface area contributed by atoms with Crippen molar-refractivity contribution in [3.05, 3.63) is 52.0 Å². The fourth-order valence-corrected chi connectivity index (χ4v) is 5.43. The number of carboxylic acids is 1. The van der Waals surface area contributed by atoms with Gasteiger partial charge in [0, 0.05) is 32.9 Å². The molecular formula is C20H18BrClN2O2S. The number of benzene rings is 1. The lowest BCUT2D eigenvalue weighted by Crippen LogP contribution is -2.04. The van der Waals surface area contributed by atoms with Gasteiger partial charge in [0.2, 0.25) is 0 Å². The average molecular weight is 466 g/mol. The number of aryl methyl sites for hydroxylation is 1. The molecule has 0 radical (unpaired) electrons. The molecule has 2 heterocycles. The van der Waals surface area contributed by atoms with Crippen LogP contribution in [0.5, 0.6) is 0 Å². The van der Waals surface area contributed by atoms with Crippen LogP contribution in [0, 0.1) is 11.3 Å². The van der Waals surface area contributed by atoms with Crippen molar-refractivity contribution in [2.75, 3.05) is 0 Å². The predicted molar refractivity (Wildman–Crippen MR) is 113 cm³/mol. The average Bonchev–Trinajstić information content (AvgIpc) is 3.17. The van der Waals surface area contributed by atoms with Gasteiger partial charge >= 0.3 is 5.97 Å². The third-order valence-corrected chi connectivity index (χ3v) is 6.61. The Labute approximate surface area is 175 Å². The number of carboxylic acid groups (broad SMARTS) is 1. The van der Waals surface area contributed by atoms with E-state index in [0.29, 0.717) is 12.0 Å². The van der Waals surface area contributed by atoms with Crippen LogP contribution in [0.4, 0.5) is 0 Å². The second kappa shape index (κ2) is 8.55. The summed E-state index contributed by atoms with van der Waals surface area (Å²) in [5.41, 5.74) is 2.60. The lowest BCUT2D eigenvalue weighted by atomic mass is 10.00. The number of allylic oxidation sites excluding steroid dienone is 2. The van der Waals surface area contributed by atoms with Crippen molar-refractivity contribution in [3.8, 4) is 6.07 Å². The van der Waals surface area contributed by atoms with Gasteiger partial charge in [-0.05, 0) is 30.4 Å². The van der Waals surface area contributed by atoms with Crippen LogP contribution in [0.1, 0.15) is 36.4 Å². The standard InChI is InChI=1S/C20H18BrClN2O2S/c1-2-14(22)4-3-7-27-20-18-15(21)8-12(11-23)9-16(18)24-6-5-13(19(20)24)10-17(25)26/h2-3,7-9,13-14H,1,4-6,10H2,(H,25,26)/b7-3+. The molecule has 1 aromatic carbocycles. The molecule has 3 rings (SSSR count). The number of aromatic nitrogens is 1. The van der Waals surface area contributed by atoms with Crippen molar-refractivity contribution in [3.63, 3.8) is 0 Å². The molecule has 2 unspecified atom stereocenters. The minimum atomic E-state index is -0.794. The predicted octanol–water partition coefficient (Wildman–Crippen LogP) is 6.03. The van der Waals surface area contributed by atoms with E-state index in [-0.39, 0.29) is 17.7 Å². The number of nitriles is 1. The molecule has 0 amide bonds. The van der Waals surface area contributed by atoms with Gasteiger partial charge in [-0.15, -0.1) is 18.2 Å². The minimum Gasteiger partial charge on any atom is -0.481 e. The quantitative estimate of drug-likeness (QED) is 0.308. The molecule has 0 saturated heterocycles. The fraction of sp³-hybridized carbons (Fsp3) is 0.300. The Hall–Kier alpha value is -1.68. The topological polar surface area (TPSA) is 66.0 Å². The smallest absolute Gasteiger partial charge is 0.304 e. The number of alkyl halides is 1. The maximum Gasteiger partial charge on any atom is 0.304 e. The zero-order chi connectivity index (χ0) is 19.6. The second-order valence-corrected chi connectivity index (χ2v) is 8.72. The molecule has 1 aliphatic rings. The summed E-state index contributed by atoms with van der Waals surface area (Å²) in [7, 11) is 0. The van der Waals surface area contributed by atoms with Crippen LogP contribution in [-0.2, 0) is 11.3 Å². The summed E-state index contributed by atoms with van der Waals surface area (Å²) < 4.78 is 3.02. The highest BCUT2D eigenvalue weighted by Gasteiger charge is 2.32. The molecule has 2 atom stereocenters. The SMILES string of the molecule is C=CC(Cl)C/C=C/Sc1c2n(c3cc(C#N)cc(Br)c13)CCC2CC(=O)O. The van der Waals surface area contributed by atoms with Gasteiger partial charge in [-0.3, -0.25) is 4.79 Å². The van der Waals surface area contributed by atoms with E-state index in [1.54, 1.807) is 17.8 Å². The Balaban J connectivity index is 2.08. The van der Waals surface area contributed by atoms with Crippen molar-refractivity contribution < 1.29 is 9.90 Å². The lowest BCUT2D eigenvalue weighted by Gasteiger charge is -2.09. The summed E-state index contributed by atoms with van der Waals surface area (Å²) in [4.78, 5) is 12.4. The number of aliphatic carboxylic acids is 1. The van der Waals surface area contributed by atoms with Crippen molar-refractivity contribution in [2.24, 2.45) is 0 Å².